The number of rotatable bonds is 6. The van der Waals surface area contributed by atoms with Gasteiger partial charge in [0.25, 0.3) is 15.9 Å². The molecule has 1 fully saturated rings. The van der Waals surface area contributed by atoms with Crippen LogP contribution in [0, 0.1) is 0 Å². The van der Waals surface area contributed by atoms with Crippen molar-refractivity contribution in [2.24, 2.45) is 0 Å². The Balaban J connectivity index is 1.19. The van der Waals surface area contributed by atoms with E-state index in [-0.39, 0.29) is 10.1 Å². The van der Waals surface area contributed by atoms with Crippen LogP contribution in [0.1, 0.15) is 15.9 Å². The van der Waals surface area contributed by atoms with Gasteiger partial charge < -0.3 is 4.90 Å². The van der Waals surface area contributed by atoms with E-state index in [1.807, 2.05) is 17.2 Å². The van der Waals surface area contributed by atoms with E-state index in [2.05, 4.69) is 38.9 Å². The van der Waals surface area contributed by atoms with Crippen molar-refractivity contribution < 1.29 is 13.2 Å². The molecule has 0 aliphatic carbocycles. The zero-order chi connectivity index (χ0) is 23.5. The highest BCUT2D eigenvalue weighted by Crippen LogP contribution is 2.22. The standard InChI is InChI=1S/C25H24N4O3S2/c30-25(20-8-10-22(11-9-20)27-34(31,32)23-7-3-17-33-23)29-15-13-28(14-16-29)18-21-5-1-4-19-6-2-12-26-24(19)21/h1-12,17,27H,13-16,18H2. The van der Waals surface area contributed by atoms with Gasteiger partial charge in [-0.05, 0) is 47.3 Å². The summed E-state index contributed by atoms with van der Waals surface area (Å²) in [4.78, 5) is 21.7. The summed E-state index contributed by atoms with van der Waals surface area (Å²) in [7, 11) is -3.61. The molecule has 0 radical (unpaired) electrons. The van der Waals surface area contributed by atoms with Gasteiger partial charge in [-0.3, -0.25) is 19.4 Å². The molecular formula is C25H24N4O3S2. The number of fused-ring (bicyclic) bond motifs is 1. The molecule has 9 heteroatoms. The van der Waals surface area contributed by atoms with Crippen LogP contribution in [-0.4, -0.2) is 55.3 Å². The van der Waals surface area contributed by atoms with Gasteiger partial charge in [0.05, 0.1) is 5.52 Å². The lowest BCUT2D eigenvalue weighted by atomic mass is 10.1. The minimum absolute atomic E-state index is 0.0425. The van der Waals surface area contributed by atoms with Crippen LogP contribution >= 0.6 is 11.3 Å². The summed E-state index contributed by atoms with van der Waals surface area (Å²) < 4.78 is 27.6. The van der Waals surface area contributed by atoms with E-state index in [1.165, 1.54) is 5.56 Å². The van der Waals surface area contributed by atoms with Crippen molar-refractivity contribution in [3.63, 3.8) is 0 Å². The Kier molecular flexibility index (Phi) is 6.32. The number of aromatic nitrogens is 1. The summed E-state index contributed by atoms with van der Waals surface area (Å²) in [6, 6.07) is 20.1. The first-order chi connectivity index (χ1) is 16.5. The van der Waals surface area contributed by atoms with Crippen LogP contribution < -0.4 is 4.72 Å². The average molecular weight is 493 g/mol. The second-order valence-electron chi connectivity index (χ2n) is 8.18. The number of nitrogens with zero attached hydrogens (tertiary/aromatic N) is 3. The fraction of sp³-hybridized carbons (Fsp3) is 0.200. The quantitative estimate of drug-likeness (QED) is 0.439. The van der Waals surface area contributed by atoms with Gasteiger partial charge in [-0.25, -0.2) is 8.42 Å². The molecule has 2 aromatic heterocycles. The fourth-order valence-corrected chi connectivity index (χ4v) is 6.18. The smallest absolute Gasteiger partial charge is 0.271 e. The first kappa shape index (κ1) is 22.5. The topological polar surface area (TPSA) is 82.6 Å². The van der Waals surface area contributed by atoms with Crippen LogP contribution in [0.2, 0.25) is 0 Å². The molecule has 7 nitrogen and oxygen atoms in total. The number of hydrogen-bond donors (Lipinski definition) is 1. The lowest BCUT2D eigenvalue weighted by Crippen LogP contribution is -2.48. The number of amides is 1. The first-order valence-corrected chi connectivity index (χ1v) is 13.4. The van der Waals surface area contributed by atoms with Crippen LogP contribution in [0.5, 0.6) is 0 Å². The van der Waals surface area contributed by atoms with Gasteiger partial charge in [0, 0.05) is 55.6 Å². The number of para-hydroxylation sites is 1. The first-order valence-electron chi connectivity index (χ1n) is 11.0. The van der Waals surface area contributed by atoms with Crippen molar-refractivity contribution in [2.75, 3.05) is 30.9 Å². The molecule has 0 saturated carbocycles. The largest absolute Gasteiger partial charge is 0.336 e. The number of sulfonamides is 1. The number of carbonyl (C=O) groups is 1. The maximum absolute atomic E-state index is 13.0. The molecule has 4 aromatic rings. The fourth-order valence-electron chi connectivity index (χ4n) is 4.13. The summed E-state index contributed by atoms with van der Waals surface area (Å²) in [6.45, 7) is 3.66. The lowest BCUT2D eigenvalue weighted by Gasteiger charge is -2.35. The number of nitrogens with one attached hydrogen (secondary N) is 1. The van der Waals surface area contributed by atoms with E-state index in [9.17, 15) is 13.2 Å². The lowest BCUT2D eigenvalue weighted by molar-refractivity contribution is 0.0629. The Morgan fingerprint density at radius 1 is 0.941 bits per heavy atom. The van der Waals surface area contributed by atoms with Gasteiger partial charge in [0.1, 0.15) is 4.21 Å². The Morgan fingerprint density at radius 3 is 2.44 bits per heavy atom. The SMILES string of the molecule is O=C(c1ccc(NS(=O)(=O)c2cccs2)cc1)N1CCN(Cc2cccc3cccnc23)CC1. The molecule has 0 bridgehead atoms. The molecule has 1 amide bonds. The Bertz CT molecular complexity index is 1390. The summed E-state index contributed by atoms with van der Waals surface area (Å²) in [5.41, 5.74) is 3.20. The van der Waals surface area contributed by atoms with Gasteiger partial charge in [-0.15, -0.1) is 11.3 Å². The van der Waals surface area contributed by atoms with Gasteiger partial charge in [0.15, 0.2) is 0 Å². The molecule has 3 heterocycles. The van der Waals surface area contributed by atoms with Gasteiger partial charge in [-0.1, -0.05) is 30.3 Å². The number of thiophene rings is 1. The maximum atomic E-state index is 13.0. The van der Waals surface area contributed by atoms with Crippen molar-refractivity contribution in [1.29, 1.82) is 0 Å². The molecule has 1 aliphatic rings. The maximum Gasteiger partial charge on any atom is 0.271 e. The summed E-state index contributed by atoms with van der Waals surface area (Å²) >= 11 is 1.16. The molecule has 34 heavy (non-hydrogen) atoms. The molecule has 0 spiro atoms. The molecule has 1 saturated heterocycles. The number of pyridine rings is 1. The van der Waals surface area contributed by atoms with Crippen molar-refractivity contribution in [3.05, 3.63) is 89.4 Å². The molecule has 2 aromatic carbocycles. The predicted molar refractivity (Wildman–Crippen MR) is 134 cm³/mol. The molecule has 174 valence electrons. The Labute approximate surface area is 202 Å². The van der Waals surface area contributed by atoms with E-state index in [0.717, 1.165) is 41.9 Å². The molecular weight excluding hydrogens is 468 g/mol. The number of anilines is 1. The number of hydrogen-bond acceptors (Lipinski definition) is 6. The predicted octanol–water partition coefficient (Wildman–Crippen LogP) is 4.06. The van der Waals surface area contributed by atoms with Crippen molar-refractivity contribution in [2.45, 2.75) is 10.8 Å². The van der Waals surface area contributed by atoms with Crippen LogP contribution in [0.15, 0.2) is 82.5 Å². The third kappa shape index (κ3) is 4.82. The Morgan fingerprint density at radius 2 is 1.71 bits per heavy atom. The molecule has 0 unspecified atom stereocenters. The van der Waals surface area contributed by atoms with E-state index < -0.39 is 10.0 Å². The van der Waals surface area contributed by atoms with Crippen LogP contribution in [-0.2, 0) is 16.6 Å². The van der Waals surface area contributed by atoms with Gasteiger partial charge in [-0.2, -0.15) is 0 Å². The van der Waals surface area contributed by atoms with Crippen molar-refractivity contribution in [1.82, 2.24) is 14.8 Å². The van der Waals surface area contributed by atoms with Crippen LogP contribution in [0.4, 0.5) is 5.69 Å². The van der Waals surface area contributed by atoms with E-state index in [1.54, 1.807) is 41.8 Å². The van der Waals surface area contributed by atoms with Gasteiger partial charge in [0.2, 0.25) is 0 Å². The monoisotopic (exact) mass is 492 g/mol. The Hall–Kier alpha value is -3.27. The average Bonchev–Trinajstić information content (AvgIpc) is 3.41. The van der Waals surface area contributed by atoms with Crippen LogP contribution in [0.3, 0.4) is 0 Å². The van der Waals surface area contributed by atoms with E-state index in [0.29, 0.717) is 24.3 Å². The summed E-state index contributed by atoms with van der Waals surface area (Å²) in [5, 5.41) is 2.85. The molecule has 5 rings (SSSR count). The van der Waals surface area contributed by atoms with Crippen LogP contribution in [0.25, 0.3) is 10.9 Å². The van der Waals surface area contributed by atoms with Gasteiger partial charge >= 0.3 is 0 Å². The highest BCUT2D eigenvalue weighted by Gasteiger charge is 2.23. The minimum Gasteiger partial charge on any atom is -0.336 e. The van der Waals surface area contributed by atoms with Crippen molar-refractivity contribution >= 4 is 43.9 Å². The third-order valence-electron chi connectivity index (χ3n) is 5.91. The second kappa shape index (κ2) is 9.54. The highest BCUT2D eigenvalue weighted by molar-refractivity contribution is 7.94. The number of piperazine rings is 1. The summed E-state index contributed by atoms with van der Waals surface area (Å²) in [5.74, 6) is -0.0425. The molecule has 1 aliphatic heterocycles. The normalized spacial score (nSPS) is 14.9. The zero-order valence-corrected chi connectivity index (χ0v) is 20.1. The third-order valence-corrected chi connectivity index (χ3v) is 8.69. The molecule has 1 N–H and O–H groups in total. The second-order valence-corrected chi connectivity index (χ2v) is 11.0. The zero-order valence-electron chi connectivity index (χ0n) is 18.4. The number of carbonyl (C=O) groups excluding carboxylic acids is 1. The highest BCUT2D eigenvalue weighted by atomic mass is 32.2. The molecule has 0 atom stereocenters. The van der Waals surface area contributed by atoms with Crippen molar-refractivity contribution in [3.8, 4) is 0 Å². The number of benzene rings is 2. The van der Waals surface area contributed by atoms with E-state index >= 15 is 0 Å². The van der Waals surface area contributed by atoms with E-state index in [4.69, 9.17) is 0 Å². The minimum atomic E-state index is -3.61. The summed E-state index contributed by atoms with van der Waals surface area (Å²) in [6.07, 6.45) is 1.82.